The minimum atomic E-state index is -0.525. The number of methoxy groups -OCH3 is 1. The number of Topliss-reactive ketones (excluding diaryl/α,β-unsaturated/α-hetero) is 3. The van der Waals surface area contributed by atoms with Gasteiger partial charge in [0.2, 0.25) is 0 Å². The smallest absolute Gasteiger partial charge is 0.356 e. The zero-order valence-electron chi connectivity index (χ0n) is 35.0. The lowest BCUT2D eigenvalue weighted by Crippen LogP contribution is -2.39. The molecule has 56 heavy (non-hydrogen) atoms. The lowest BCUT2D eigenvalue weighted by Gasteiger charge is -2.32. The summed E-state index contributed by atoms with van der Waals surface area (Å²) in [5.74, 6) is -0.611. The minimum Gasteiger partial charge on any atom is -0.464 e. The van der Waals surface area contributed by atoms with E-state index in [1.165, 1.54) is 55.9 Å². The third-order valence-corrected chi connectivity index (χ3v) is 11.1. The Bertz CT molecular complexity index is 1980. The summed E-state index contributed by atoms with van der Waals surface area (Å²) in [6.45, 7) is 18.9. The van der Waals surface area contributed by atoms with Crippen LogP contribution in [0, 0.1) is 42.9 Å². The number of ketones is 3. The van der Waals surface area contributed by atoms with Gasteiger partial charge in [0, 0.05) is 51.0 Å². The van der Waals surface area contributed by atoms with E-state index in [0.29, 0.717) is 23.6 Å². The molecule has 0 spiro atoms. The Balaban J connectivity index is 0.000000173. The first-order valence-electron chi connectivity index (χ1n) is 19.7. The molecule has 300 valence electrons. The van der Waals surface area contributed by atoms with E-state index in [1.54, 1.807) is 25.4 Å². The summed E-state index contributed by atoms with van der Waals surface area (Å²) in [5.41, 5.74) is 8.17. The topological polar surface area (TPSA) is 167 Å². The summed E-state index contributed by atoms with van der Waals surface area (Å²) in [5, 5.41) is 0. The van der Waals surface area contributed by atoms with Crippen LogP contribution in [0.1, 0.15) is 150 Å². The molecule has 1 aliphatic heterocycles. The second-order valence-corrected chi connectivity index (χ2v) is 17.1. The van der Waals surface area contributed by atoms with Crippen molar-refractivity contribution >= 4 is 34.6 Å². The second kappa shape index (κ2) is 18.8. The van der Waals surface area contributed by atoms with E-state index >= 15 is 0 Å². The second-order valence-electron chi connectivity index (χ2n) is 17.1. The highest BCUT2D eigenvalue weighted by atomic mass is 16.5. The average molecular weight is 766 g/mol. The lowest BCUT2D eigenvalue weighted by molar-refractivity contribution is -0.132. The molecule has 3 fully saturated rings. The molecule has 0 aromatic carbocycles. The number of aliphatic imine (C=N–C) groups is 1. The normalized spacial score (nSPS) is 20.4. The number of nitrogens with zero attached hydrogens (tertiary/aromatic N) is 7. The van der Waals surface area contributed by atoms with Gasteiger partial charge in [-0.15, -0.1) is 0 Å². The van der Waals surface area contributed by atoms with Crippen molar-refractivity contribution in [1.29, 1.82) is 0 Å². The number of ether oxygens (including phenoxy) is 1. The highest BCUT2D eigenvalue weighted by molar-refractivity contribution is 6.13. The van der Waals surface area contributed by atoms with Gasteiger partial charge in [0.25, 0.3) is 0 Å². The number of carbonyl (C=O) groups excluding carboxylic acids is 4. The van der Waals surface area contributed by atoms with Gasteiger partial charge in [0.05, 0.1) is 25.3 Å². The predicted octanol–water partition coefficient (Wildman–Crippen LogP) is 8.29. The molecule has 3 aromatic rings. The third-order valence-electron chi connectivity index (χ3n) is 11.1. The summed E-state index contributed by atoms with van der Waals surface area (Å²) >= 11 is 0. The Morgan fingerprint density at radius 2 is 1.21 bits per heavy atom. The van der Waals surface area contributed by atoms with Gasteiger partial charge >= 0.3 is 5.97 Å². The number of hydrogen-bond acceptors (Lipinski definition) is 12. The summed E-state index contributed by atoms with van der Waals surface area (Å²) in [6.07, 6.45) is 14.7. The van der Waals surface area contributed by atoms with Gasteiger partial charge in [-0.25, -0.2) is 34.7 Å². The number of aromatic nitrogens is 6. The maximum Gasteiger partial charge on any atom is 0.356 e. The maximum atomic E-state index is 12.3. The van der Waals surface area contributed by atoms with Crippen LogP contribution in [0.2, 0.25) is 0 Å². The van der Waals surface area contributed by atoms with Crippen molar-refractivity contribution in [2.24, 2.45) is 27.2 Å². The van der Waals surface area contributed by atoms with Crippen molar-refractivity contribution in [2.45, 2.75) is 127 Å². The fraction of sp³-hybridized carbons (Fsp3) is 0.568. The van der Waals surface area contributed by atoms with Crippen molar-refractivity contribution < 1.29 is 23.9 Å². The minimum absolute atomic E-state index is 0.00174. The Hall–Kier alpha value is -4.87. The highest BCUT2D eigenvalue weighted by Crippen LogP contribution is 2.42. The third kappa shape index (κ3) is 11.4. The summed E-state index contributed by atoms with van der Waals surface area (Å²) < 4.78 is 4.46. The van der Waals surface area contributed by atoms with Crippen LogP contribution in [0.5, 0.6) is 0 Å². The standard InChI is InChI=1S/C15H19N3.C14H18N2O2.C8H14O.C7H8N2O2/c1-10-7-13(18-9-17-10)12-8-16-14-11(12)5-4-6-15(14,2)3;1-9-7-11(16-8-15-9)12(17)10-5-4-6-14(2,3)13(10)18;1-8(2)6-4-3-5-7(8)9;1-5-3-6(7(10)11-2)9-4-8-5/h7,9H,4-6,8H2,1-3H3;7-8,10H,4-6H2,1-3H3;3-6H2,1-2H3;3-4H,1-2H3. The van der Waals surface area contributed by atoms with E-state index in [-0.39, 0.29) is 27.8 Å². The van der Waals surface area contributed by atoms with Crippen LogP contribution < -0.4 is 0 Å². The predicted molar refractivity (Wildman–Crippen MR) is 216 cm³/mol. The first-order valence-corrected chi connectivity index (χ1v) is 19.7. The van der Waals surface area contributed by atoms with Crippen molar-refractivity contribution in [1.82, 2.24) is 29.9 Å². The summed E-state index contributed by atoms with van der Waals surface area (Å²) in [7, 11) is 1.32. The van der Waals surface area contributed by atoms with E-state index in [0.717, 1.165) is 67.8 Å². The fourth-order valence-electron chi connectivity index (χ4n) is 7.56. The van der Waals surface area contributed by atoms with Gasteiger partial charge in [-0.3, -0.25) is 19.4 Å². The van der Waals surface area contributed by atoms with Crippen LogP contribution in [-0.2, 0) is 14.3 Å². The molecule has 3 aromatic heterocycles. The molecule has 12 nitrogen and oxygen atoms in total. The Morgan fingerprint density at radius 3 is 1.79 bits per heavy atom. The Morgan fingerprint density at radius 1 is 0.643 bits per heavy atom. The van der Waals surface area contributed by atoms with Gasteiger partial charge in [0.1, 0.15) is 36.2 Å². The molecule has 3 saturated carbocycles. The number of hydrogen-bond donors (Lipinski definition) is 0. The van der Waals surface area contributed by atoms with Crippen LogP contribution in [0.4, 0.5) is 0 Å². The molecule has 0 bridgehead atoms. The van der Waals surface area contributed by atoms with Crippen molar-refractivity contribution in [3.63, 3.8) is 0 Å². The van der Waals surface area contributed by atoms with Crippen molar-refractivity contribution in [2.75, 3.05) is 13.7 Å². The first kappa shape index (κ1) is 43.9. The fourth-order valence-corrected chi connectivity index (χ4v) is 7.56. The molecule has 3 aliphatic carbocycles. The van der Waals surface area contributed by atoms with Gasteiger partial charge in [-0.2, -0.15) is 0 Å². The number of allylic oxidation sites excluding steroid dienone is 1. The zero-order valence-corrected chi connectivity index (χ0v) is 35.0. The molecule has 1 atom stereocenters. The molecule has 0 saturated heterocycles. The quantitative estimate of drug-likeness (QED) is 0.142. The molecule has 4 heterocycles. The first-order chi connectivity index (χ1) is 26.4. The maximum absolute atomic E-state index is 12.3. The molecule has 0 radical (unpaired) electrons. The number of aryl methyl sites for hydroxylation is 3. The van der Waals surface area contributed by atoms with Crippen molar-refractivity contribution in [3.8, 4) is 0 Å². The van der Waals surface area contributed by atoms with E-state index in [2.05, 4.69) is 68.4 Å². The monoisotopic (exact) mass is 765 g/mol. The Kier molecular flexibility index (Phi) is 14.8. The molecule has 12 heteroatoms. The van der Waals surface area contributed by atoms with Gasteiger partial charge < -0.3 is 4.74 Å². The molecular weight excluding hydrogens is 707 g/mol. The molecule has 0 N–H and O–H groups in total. The van der Waals surface area contributed by atoms with Crippen molar-refractivity contribution in [3.05, 3.63) is 76.9 Å². The van der Waals surface area contributed by atoms with Crippen LogP contribution in [0.25, 0.3) is 5.57 Å². The largest absolute Gasteiger partial charge is 0.464 e. The van der Waals surface area contributed by atoms with Gasteiger partial charge in [-0.05, 0) is 89.5 Å². The zero-order chi connectivity index (χ0) is 41.3. The van der Waals surface area contributed by atoms with Crippen LogP contribution in [0.15, 0.2) is 47.7 Å². The summed E-state index contributed by atoms with van der Waals surface area (Å²) in [6, 6.07) is 5.30. The number of carbonyl (C=O) groups is 4. The molecular formula is C44H59N7O5. The van der Waals surface area contributed by atoms with E-state index in [4.69, 9.17) is 4.99 Å². The number of rotatable bonds is 4. The number of fused-ring (bicyclic) bond motifs is 1. The highest BCUT2D eigenvalue weighted by Gasteiger charge is 2.41. The van der Waals surface area contributed by atoms with Gasteiger partial charge in [0.15, 0.2) is 11.5 Å². The molecule has 4 aliphatic rings. The van der Waals surface area contributed by atoms with Crippen LogP contribution in [-0.4, -0.2) is 72.6 Å². The van der Waals surface area contributed by atoms with Gasteiger partial charge in [-0.1, -0.05) is 54.4 Å². The number of esters is 1. The summed E-state index contributed by atoms with van der Waals surface area (Å²) in [4.78, 5) is 75.5. The SMILES string of the molecule is CC1(C)CCCCC1=O.COC(=O)c1cc(C)ncn1.Cc1cc(C(=O)C2CCCC(C)(C)C2=O)ncn1.Cc1cc(C2=C3CCCC(C)(C)C3=NC2)ncn1. The van der Waals surface area contributed by atoms with E-state index in [1.807, 2.05) is 27.7 Å². The van der Waals surface area contributed by atoms with E-state index in [9.17, 15) is 19.2 Å². The van der Waals surface area contributed by atoms with E-state index < -0.39 is 11.9 Å². The lowest BCUT2D eigenvalue weighted by atomic mass is 9.69. The average Bonchev–Trinajstić information content (AvgIpc) is 3.60. The molecule has 1 unspecified atom stereocenters. The Labute approximate surface area is 332 Å². The molecule has 0 amide bonds. The van der Waals surface area contributed by atoms with Crippen LogP contribution >= 0.6 is 0 Å². The molecule has 7 rings (SSSR count). The van der Waals surface area contributed by atoms with Crippen LogP contribution in [0.3, 0.4) is 0 Å².